The molecular weight excluding hydrogens is 443 g/mol. The summed E-state index contributed by atoms with van der Waals surface area (Å²) in [4.78, 5) is 47.3. The van der Waals surface area contributed by atoms with Gasteiger partial charge in [0.2, 0.25) is 17.7 Å². The molecule has 5 N–H and O–H groups in total. The highest BCUT2D eigenvalue weighted by molar-refractivity contribution is 5.93. The molecule has 0 unspecified atom stereocenters. The van der Waals surface area contributed by atoms with Gasteiger partial charge >= 0.3 is 6.09 Å². The molecule has 0 fully saturated rings. The van der Waals surface area contributed by atoms with Gasteiger partial charge in [-0.3, -0.25) is 14.4 Å². The summed E-state index contributed by atoms with van der Waals surface area (Å²) in [5.41, 5.74) is 6.62. The normalized spacial score (nSPS) is 11.2. The number of amides is 4. The number of alkyl carbamates (subject to hydrolysis) is 1. The molecule has 2 aromatic rings. The molecule has 1 atom stereocenters. The second-order valence-corrected chi connectivity index (χ2v) is 7.56. The van der Waals surface area contributed by atoms with Gasteiger partial charge in [0.05, 0.1) is 0 Å². The van der Waals surface area contributed by atoms with Crippen molar-refractivity contribution in [2.45, 2.75) is 44.8 Å². The van der Waals surface area contributed by atoms with Crippen LogP contribution in [0.15, 0.2) is 54.6 Å². The lowest BCUT2D eigenvalue weighted by Crippen LogP contribution is -2.44. The highest BCUT2D eigenvalue weighted by Crippen LogP contribution is 2.09. The number of carbonyl (C=O) groups excluding carboxylic acids is 4. The van der Waals surface area contributed by atoms with Crippen molar-refractivity contribution in [3.05, 3.63) is 66.0 Å². The van der Waals surface area contributed by atoms with E-state index in [4.69, 9.17) is 10.5 Å². The Labute approximate surface area is 197 Å². The van der Waals surface area contributed by atoms with Gasteiger partial charge in [-0.25, -0.2) is 9.18 Å². The number of nitrogens with one attached hydrogen (secondary N) is 3. The number of hydrogen-bond acceptors (Lipinski definition) is 5. The van der Waals surface area contributed by atoms with E-state index in [1.54, 1.807) is 0 Å². The minimum absolute atomic E-state index is 0.00570. The van der Waals surface area contributed by atoms with E-state index in [1.165, 1.54) is 24.3 Å². The largest absolute Gasteiger partial charge is 0.445 e. The topological polar surface area (TPSA) is 140 Å². The van der Waals surface area contributed by atoms with Crippen molar-refractivity contribution in [1.29, 1.82) is 0 Å². The number of hydrogen-bond donors (Lipinski definition) is 4. The maximum atomic E-state index is 12.9. The van der Waals surface area contributed by atoms with E-state index in [9.17, 15) is 23.6 Å². The molecule has 0 radical (unpaired) electrons. The van der Waals surface area contributed by atoms with Crippen molar-refractivity contribution in [3.8, 4) is 0 Å². The summed E-state index contributed by atoms with van der Waals surface area (Å²) in [6, 6.07) is 13.6. The summed E-state index contributed by atoms with van der Waals surface area (Å²) in [5, 5.41) is 7.73. The molecule has 0 spiro atoms. The lowest BCUT2D eigenvalue weighted by Gasteiger charge is -2.15. The van der Waals surface area contributed by atoms with E-state index < -0.39 is 23.9 Å². The van der Waals surface area contributed by atoms with Crippen LogP contribution in [-0.2, 0) is 25.7 Å². The van der Waals surface area contributed by atoms with Crippen molar-refractivity contribution in [3.63, 3.8) is 0 Å². The van der Waals surface area contributed by atoms with Crippen LogP contribution in [0, 0.1) is 5.82 Å². The first-order chi connectivity index (χ1) is 16.3. The number of anilines is 1. The van der Waals surface area contributed by atoms with E-state index in [0.717, 1.165) is 5.56 Å². The van der Waals surface area contributed by atoms with Crippen molar-refractivity contribution < 1.29 is 28.3 Å². The van der Waals surface area contributed by atoms with Gasteiger partial charge in [0.1, 0.15) is 18.5 Å². The van der Waals surface area contributed by atoms with Crippen LogP contribution >= 0.6 is 0 Å². The van der Waals surface area contributed by atoms with E-state index in [-0.39, 0.29) is 31.3 Å². The lowest BCUT2D eigenvalue weighted by molar-refractivity contribution is -0.124. The Kier molecular flexibility index (Phi) is 11.0. The number of nitrogens with two attached hydrogens (primary N) is 1. The van der Waals surface area contributed by atoms with E-state index in [0.29, 0.717) is 31.5 Å². The molecule has 10 heteroatoms. The van der Waals surface area contributed by atoms with Crippen LogP contribution in [0.4, 0.5) is 14.9 Å². The Morgan fingerprint density at radius 1 is 0.912 bits per heavy atom. The Bertz CT molecular complexity index is 954. The van der Waals surface area contributed by atoms with Gasteiger partial charge in [0, 0.05) is 25.1 Å². The zero-order valence-corrected chi connectivity index (χ0v) is 18.7. The quantitative estimate of drug-likeness (QED) is 0.332. The lowest BCUT2D eigenvalue weighted by atomic mass is 10.1. The fourth-order valence-corrected chi connectivity index (χ4v) is 2.97. The van der Waals surface area contributed by atoms with Gasteiger partial charge in [0.25, 0.3) is 0 Å². The average molecular weight is 473 g/mol. The molecule has 2 rings (SSSR count). The molecule has 0 saturated heterocycles. The van der Waals surface area contributed by atoms with E-state index >= 15 is 0 Å². The zero-order chi connectivity index (χ0) is 24.8. The number of ether oxygens (including phenoxy) is 1. The van der Waals surface area contributed by atoms with Gasteiger partial charge in [-0.2, -0.15) is 0 Å². The third kappa shape index (κ3) is 10.6. The van der Waals surface area contributed by atoms with Crippen molar-refractivity contribution in [1.82, 2.24) is 10.6 Å². The van der Waals surface area contributed by atoms with E-state index in [2.05, 4.69) is 16.0 Å². The summed E-state index contributed by atoms with van der Waals surface area (Å²) >= 11 is 0. The van der Waals surface area contributed by atoms with Gasteiger partial charge < -0.3 is 26.4 Å². The number of benzene rings is 2. The third-order valence-electron chi connectivity index (χ3n) is 4.80. The van der Waals surface area contributed by atoms with Crippen LogP contribution in [0.1, 0.15) is 37.7 Å². The molecular formula is C24H29FN4O5. The molecule has 0 aromatic heterocycles. The standard InChI is InChI=1S/C24H29FN4O5/c25-18-9-11-19(12-10-18)28-22(31)14-13-21(30)27-15-5-4-8-20(23(26)32)29-24(33)34-16-17-6-2-1-3-7-17/h1-3,6-7,9-12,20H,4-5,8,13-16H2,(H2,26,32)(H,27,30)(H,28,31)(H,29,33)/t20-/m0/s1. The number of carbonyl (C=O) groups is 4. The molecule has 0 heterocycles. The van der Waals surface area contributed by atoms with Crippen LogP contribution in [0.5, 0.6) is 0 Å². The number of rotatable bonds is 13. The Morgan fingerprint density at radius 3 is 2.26 bits per heavy atom. The number of primary amides is 1. The predicted molar refractivity (Wildman–Crippen MR) is 124 cm³/mol. The van der Waals surface area contributed by atoms with Crippen molar-refractivity contribution in [2.24, 2.45) is 5.73 Å². The Hall–Kier alpha value is -3.95. The summed E-state index contributed by atoms with van der Waals surface area (Å²) in [6.45, 7) is 0.425. The fourth-order valence-electron chi connectivity index (χ4n) is 2.97. The first-order valence-electron chi connectivity index (χ1n) is 10.9. The Morgan fingerprint density at radius 2 is 1.59 bits per heavy atom. The highest BCUT2D eigenvalue weighted by Gasteiger charge is 2.18. The molecule has 9 nitrogen and oxygen atoms in total. The molecule has 0 aliphatic carbocycles. The smallest absolute Gasteiger partial charge is 0.408 e. The minimum atomic E-state index is -0.880. The predicted octanol–water partition coefficient (Wildman–Crippen LogP) is 2.61. The SMILES string of the molecule is NC(=O)[C@H](CCCCNC(=O)CCC(=O)Nc1ccc(F)cc1)NC(=O)OCc1ccccc1. The molecule has 0 bridgehead atoms. The first kappa shape index (κ1) is 26.3. The average Bonchev–Trinajstić information content (AvgIpc) is 2.82. The van der Waals surface area contributed by atoms with Crippen LogP contribution < -0.4 is 21.7 Å². The molecule has 4 amide bonds. The first-order valence-corrected chi connectivity index (χ1v) is 10.9. The number of halogens is 1. The van der Waals surface area contributed by atoms with Crippen molar-refractivity contribution >= 4 is 29.5 Å². The molecule has 0 aliphatic rings. The maximum Gasteiger partial charge on any atom is 0.408 e. The fraction of sp³-hybridized carbons (Fsp3) is 0.333. The van der Waals surface area contributed by atoms with Gasteiger partial charge in [-0.15, -0.1) is 0 Å². The van der Waals surface area contributed by atoms with Gasteiger partial charge in [-0.1, -0.05) is 30.3 Å². The van der Waals surface area contributed by atoms with Gasteiger partial charge in [-0.05, 0) is 49.1 Å². The minimum Gasteiger partial charge on any atom is -0.445 e. The summed E-state index contributed by atoms with van der Waals surface area (Å²) in [7, 11) is 0. The van der Waals surface area contributed by atoms with Crippen LogP contribution in [0.25, 0.3) is 0 Å². The maximum absolute atomic E-state index is 12.9. The molecule has 0 saturated carbocycles. The highest BCUT2D eigenvalue weighted by atomic mass is 19.1. The number of unbranched alkanes of at least 4 members (excludes halogenated alkanes) is 1. The van der Waals surface area contributed by atoms with E-state index in [1.807, 2.05) is 30.3 Å². The second kappa shape index (κ2) is 14.2. The second-order valence-electron chi connectivity index (χ2n) is 7.56. The van der Waals surface area contributed by atoms with Crippen molar-refractivity contribution in [2.75, 3.05) is 11.9 Å². The molecule has 2 aromatic carbocycles. The van der Waals surface area contributed by atoms with Crippen LogP contribution in [0.2, 0.25) is 0 Å². The van der Waals surface area contributed by atoms with Gasteiger partial charge in [0.15, 0.2) is 0 Å². The Balaban J connectivity index is 1.57. The summed E-state index contributed by atoms with van der Waals surface area (Å²) in [5.74, 6) is -1.72. The monoisotopic (exact) mass is 472 g/mol. The molecule has 34 heavy (non-hydrogen) atoms. The van der Waals surface area contributed by atoms with Crippen LogP contribution in [0.3, 0.4) is 0 Å². The third-order valence-corrected chi connectivity index (χ3v) is 4.80. The summed E-state index contributed by atoms with van der Waals surface area (Å²) in [6.07, 6.45) is 0.634. The molecule has 0 aliphatic heterocycles. The van der Waals surface area contributed by atoms with Crippen LogP contribution in [-0.4, -0.2) is 36.4 Å². The summed E-state index contributed by atoms with van der Waals surface area (Å²) < 4.78 is 18.0. The zero-order valence-electron chi connectivity index (χ0n) is 18.7. The molecule has 182 valence electrons.